The number of hydrogen-bond donors (Lipinski definition) is 2. The van der Waals surface area contributed by atoms with Gasteiger partial charge in [-0.1, -0.05) is 0 Å². The van der Waals surface area contributed by atoms with Crippen LogP contribution in [0.15, 0.2) is 18.7 Å². The van der Waals surface area contributed by atoms with Crippen LogP contribution in [0.5, 0.6) is 0 Å². The molecular weight excluding hydrogens is 258 g/mol. The van der Waals surface area contributed by atoms with Crippen LogP contribution in [-0.2, 0) is 6.54 Å². The maximum atomic E-state index is 4.00. The van der Waals surface area contributed by atoms with Crippen LogP contribution < -0.4 is 10.6 Å². The minimum absolute atomic E-state index is 0. The minimum Gasteiger partial charge on any atom is -0.336 e. The lowest BCUT2D eigenvalue weighted by atomic mass is 10.2. The fraction of sp³-hybridized carbons (Fsp3) is 0.625. The molecule has 0 amide bonds. The summed E-state index contributed by atoms with van der Waals surface area (Å²) in [5.41, 5.74) is 0. The molecular formula is C8H17Cl3N4. The molecule has 90 valence electrons. The molecule has 4 nitrogen and oxygen atoms in total. The van der Waals surface area contributed by atoms with Crippen LogP contribution >= 0.6 is 37.2 Å². The summed E-state index contributed by atoms with van der Waals surface area (Å²) in [7, 11) is 0. The van der Waals surface area contributed by atoms with Crippen molar-refractivity contribution in [1.82, 2.24) is 20.2 Å². The summed E-state index contributed by atoms with van der Waals surface area (Å²) in [4.78, 5) is 4.00. The number of nitrogens with zero attached hydrogens (tertiary/aromatic N) is 2. The van der Waals surface area contributed by atoms with Crippen molar-refractivity contribution in [1.29, 1.82) is 0 Å². The smallest absolute Gasteiger partial charge is 0.0946 e. The molecule has 0 spiro atoms. The molecule has 2 heterocycles. The number of nitrogens with one attached hydrogen (secondary N) is 2. The Balaban J connectivity index is 0. The zero-order valence-electron chi connectivity index (χ0n) is 8.26. The van der Waals surface area contributed by atoms with Gasteiger partial charge in [0.25, 0.3) is 0 Å². The van der Waals surface area contributed by atoms with Crippen molar-refractivity contribution < 1.29 is 0 Å². The lowest BCUT2D eigenvalue weighted by Crippen LogP contribution is -2.50. The van der Waals surface area contributed by atoms with Crippen molar-refractivity contribution >= 4 is 37.2 Å². The maximum Gasteiger partial charge on any atom is 0.0946 e. The van der Waals surface area contributed by atoms with Crippen molar-refractivity contribution in [2.24, 2.45) is 0 Å². The molecule has 0 aliphatic carbocycles. The molecule has 1 aliphatic heterocycles. The second kappa shape index (κ2) is 9.24. The zero-order valence-corrected chi connectivity index (χ0v) is 10.7. The Morgan fingerprint density at radius 2 is 2.07 bits per heavy atom. The first-order valence-corrected chi connectivity index (χ1v) is 4.35. The van der Waals surface area contributed by atoms with E-state index in [4.69, 9.17) is 0 Å². The topological polar surface area (TPSA) is 41.9 Å². The summed E-state index contributed by atoms with van der Waals surface area (Å²) in [5.74, 6) is 0. The Labute approximate surface area is 108 Å². The van der Waals surface area contributed by atoms with Crippen molar-refractivity contribution in [3.63, 3.8) is 0 Å². The predicted octanol–water partition coefficient (Wildman–Crippen LogP) is 0.710. The van der Waals surface area contributed by atoms with Crippen LogP contribution in [0.1, 0.15) is 0 Å². The number of imidazole rings is 1. The van der Waals surface area contributed by atoms with Gasteiger partial charge in [0, 0.05) is 44.6 Å². The van der Waals surface area contributed by atoms with Crippen LogP contribution in [0.2, 0.25) is 0 Å². The quantitative estimate of drug-likeness (QED) is 0.835. The standard InChI is InChI=1S/C8H14N4.3ClH/c1-2-11-8(5-9-1)6-12-4-3-10-7-12;;;/h3-4,7-9,11H,1-2,5-6H2;3*1H. The third-order valence-electron chi connectivity index (χ3n) is 2.12. The van der Waals surface area contributed by atoms with Gasteiger partial charge < -0.3 is 15.2 Å². The first-order chi connectivity index (χ1) is 5.95. The largest absolute Gasteiger partial charge is 0.336 e. The minimum atomic E-state index is 0. The van der Waals surface area contributed by atoms with Gasteiger partial charge in [0.15, 0.2) is 0 Å². The normalized spacial score (nSPS) is 19.3. The summed E-state index contributed by atoms with van der Waals surface area (Å²) < 4.78 is 2.10. The van der Waals surface area contributed by atoms with E-state index < -0.39 is 0 Å². The summed E-state index contributed by atoms with van der Waals surface area (Å²) in [5, 5.41) is 6.80. The van der Waals surface area contributed by atoms with E-state index in [0.717, 1.165) is 26.2 Å². The summed E-state index contributed by atoms with van der Waals surface area (Å²) in [6.45, 7) is 4.21. The fourth-order valence-corrected chi connectivity index (χ4v) is 1.49. The molecule has 2 rings (SSSR count). The van der Waals surface area contributed by atoms with Crippen LogP contribution in [-0.4, -0.2) is 35.2 Å². The van der Waals surface area contributed by atoms with Gasteiger partial charge in [-0.15, -0.1) is 37.2 Å². The highest BCUT2D eigenvalue weighted by molar-refractivity contribution is 5.86. The summed E-state index contributed by atoms with van der Waals surface area (Å²) in [6.07, 6.45) is 5.67. The second-order valence-electron chi connectivity index (χ2n) is 3.11. The lowest BCUT2D eigenvalue weighted by molar-refractivity contribution is 0.379. The molecule has 1 aromatic heterocycles. The van der Waals surface area contributed by atoms with Crippen molar-refractivity contribution in [3.8, 4) is 0 Å². The van der Waals surface area contributed by atoms with Crippen LogP contribution in [0.25, 0.3) is 0 Å². The molecule has 1 aromatic rings. The molecule has 1 unspecified atom stereocenters. The SMILES string of the molecule is Cl.Cl.Cl.c1cn(CC2CNCCN2)cn1. The Hall–Kier alpha value is -0.000000000000000111. The average molecular weight is 276 g/mol. The molecule has 1 aliphatic rings. The molecule has 0 saturated carbocycles. The Morgan fingerprint density at radius 1 is 1.27 bits per heavy atom. The average Bonchev–Trinajstić information content (AvgIpc) is 2.59. The molecule has 15 heavy (non-hydrogen) atoms. The Morgan fingerprint density at radius 3 is 2.60 bits per heavy atom. The molecule has 1 atom stereocenters. The lowest BCUT2D eigenvalue weighted by Gasteiger charge is -2.24. The fourth-order valence-electron chi connectivity index (χ4n) is 1.49. The third kappa shape index (κ3) is 5.58. The number of aromatic nitrogens is 2. The van der Waals surface area contributed by atoms with E-state index in [0.29, 0.717) is 6.04 Å². The van der Waals surface area contributed by atoms with E-state index in [1.807, 2.05) is 18.7 Å². The molecule has 0 bridgehead atoms. The highest BCUT2D eigenvalue weighted by Gasteiger charge is 2.11. The van der Waals surface area contributed by atoms with Gasteiger partial charge in [0.2, 0.25) is 0 Å². The van der Waals surface area contributed by atoms with Gasteiger partial charge in [0.05, 0.1) is 6.33 Å². The Kier molecular flexibility index (Phi) is 10.7. The monoisotopic (exact) mass is 274 g/mol. The van der Waals surface area contributed by atoms with E-state index in [9.17, 15) is 0 Å². The molecule has 2 N–H and O–H groups in total. The zero-order chi connectivity index (χ0) is 8.23. The van der Waals surface area contributed by atoms with Gasteiger partial charge in [-0.05, 0) is 0 Å². The number of rotatable bonds is 2. The molecule has 1 fully saturated rings. The van der Waals surface area contributed by atoms with Crippen LogP contribution in [0.4, 0.5) is 0 Å². The van der Waals surface area contributed by atoms with Crippen LogP contribution in [0, 0.1) is 0 Å². The first kappa shape index (κ1) is 17.4. The summed E-state index contributed by atoms with van der Waals surface area (Å²) >= 11 is 0. The van der Waals surface area contributed by atoms with E-state index in [-0.39, 0.29) is 37.2 Å². The van der Waals surface area contributed by atoms with Crippen molar-refractivity contribution in [2.45, 2.75) is 12.6 Å². The van der Waals surface area contributed by atoms with Crippen LogP contribution in [0.3, 0.4) is 0 Å². The van der Waals surface area contributed by atoms with E-state index in [2.05, 4.69) is 20.2 Å². The molecule has 0 radical (unpaired) electrons. The van der Waals surface area contributed by atoms with Gasteiger partial charge >= 0.3 is 0 Å². The van der Waals surface area contributed by atoms with Gasteiger partial charge in [-0.25, -0.2) is 4.98 Å². The van der Waals surface area contributed by atoms with E-state index in [1.54, 1.807) is 0 Å². The number of hydrogen-bond acceptors (Lipinski definition) is 3. The number of piperazine rings is 1. The van der Waals surface area contributed by atoms with Gasteiger partial charge in [-0.3, -0.25) is 0 Å². The summed E-state index contributed by atoms with van der Waals surface area (Å²) in [6, 6.07) is 0.549. The number of halogens is 3. The molecule has 1 saturated heterocycles. The molecule has 0 aromatic carbocycles. The predicted molar refractivity (Wildman–Crippen MR) is 68.6 cm³/mol. The second-order valence-corrected chi connectivity index (χ2v) is 3.11. The van der Waals surface area contributed by atoms with Crippen molar-refractivity contribution in [3.05, 3.63) is 18.7 Å². The third-order valence-corrected chi connectivity index (χ3v) is 2.12. The highest BCUT2D eigenvalue weighted by atomic mass is 35.5. The highest BCUT2D eigenvalue weighted by Crippen LogP contribution is 1.93. The van der Waals surface area contributed by atoms with E-state index >= 15 is 0 Å². The Bertz CT molecular complexity index is 224. The van der Waals surface area contributed by atoms with Gasteiger partial charge in [-0.2, -0.15) is 0 Å². The maximum absolute atomic E-state index is 4.00. The van der Waals surface area contributed by atoms with E-state index in [1.165, 1.54) is 0 Å². The van der Waals surface area contributed by atoms with Gasteiger partial charge in [0.1, 0.15) is 0 Å². The van der Waals surface area contributed by atoms with Crippen molar-refractivity contribution in [2.75, 3.05) is 19.6 Å². The molecule has 7 heteroatoms. The first-order valence-electron chi connectivity index (χ1n) is 4.35.